The Labute approximate surface area is 106 Å². The Bertz CT molecular complexity index is 395. The summed E-state index contributed by atoms with van der Waals surface area (Å²) in [5.74, 6) is 0.269. The van der Waals surface area contributed by atoms with Crippen molar-refractivity contribution in [3.05, 3.63) is 28.8 Å². The molecule has 1 aromatic rings. The molecule has 0 spiro atoms. The number of hydrogen-bond donors (Lipinski definition) is 1. The first kappa shape index (κ1) is 13.8. The number of benzene rings is 1. The summed E-state index contributed by atoms with van der Waals surface area (Å²) in [6.07, 6.45) is 0. The second-order valence-electron chi connectivity index (χ2n) is 3.67. The minimum Gasteiger partial charge on any atom is -0.496 e. The third-order valence-corrected chi connectivity index (χ3v) is 2.44. The van der Waals surface area contributed by atoms with Gasteiger partial charge in [0, 0.05) is 18.2 Å². The van der Waals surface area contributed by atoms with Crippen LogP contribution in [0.25, 0.3) is 0 Å². The zero-order valence-electron chi connectivity index (χ0n) is 10.1. The van der Waals surface area contributed by atoms with Crippen LogP contribution in [-0.2, 0) is 4.74 Å². The summed E-state index contributed by atoms with van der Waals surface area (Å²) >= 11 is 5.86. The Balaban J connectivity index is 2.83. The average Bonchev–Trinajstić information content (AvgIpc) is 2.29. The van der Waals surface area contributed by atoms with E-state index in [2.05, 4.69) is 5.32 Å². The second kappa shape index (κ2) is 6.47. The van der Waals surface area contributed by atoms with Crippen molar-refractivity contribution in [3.8, 4) is 5.75 Å². The monoisotopic (exact) mass is 257 g/mol. The Kier molecular flexibility index (Phi) is 5.25. The second-order valence-corrected chi connectivity index (χ2v) is 4.11. The Morgan fingerprint density at radius 3 is 2.76 bits per heavy atom. The number of methoxy groups -OCH3 is 2. The van der Waals surface area contributed by atoms with Crippen LogP contribution in [0.1, 0.15) is 17.3 Å². The third kappa shape index (κ3) is 3.91. The lowest BCUT2D eigenvalue weighted by Gasteiger charge is -2.14. The predicted octanol–water partition coefficient (Wildman–Crippen LogP) is 2.11. The van der Waals surface area contributed by atoms with Crippen LogP contribution in [0, 0.1) is 0 Å². The number of carbonyl (C=O) groups is 1. The van der Waals surface area contributed by atoms with Gasteiger partial charge in [0.2, 0.25) is 0 Å². The molecule has 0 unspecified atom stereocenters. The van der Waals surface area contributed by atoms with Gasteiger partial charge < -0.3 is 14.8 Å². The van der Waals surface area contributed by atoms with E-state index < -0.39 is 0 Å². The van der Waals surface area contributed by atoms with Gasteiger partial charge in [-0.3, -0.25) is 4.79 Å². The molecule has 1 rings (SSSR count). The van der Waals surface area contributed by atoms with Crippen molar-refractivity contribution in [1.29, 1.82) is 0 Å². The number of amides is 1. The molecule has 0 saturated heterocycles. The summed E-state index contributed by atoms with van der Waals surface area (Å²) in [4.78, 5) is 12.0. The van der Waals surface area contributed by atoms with Gasteiger partial charge in [0.05, 0.1) is 19.3 Å². The van der Waals surface area contributed by atoms with Crippen LogP contribution < -0.4 is 10.1 Å². The number of nitrogens with one attached hydrogen (secondary N) is 1. The van der Waals surface area contributed by atoms with Crippen LogP contribution >= 0.6 is 11.6 Å². The van der Waals surface area contributed by atoms with Crippen molar-refractivity contribution >= 4 is 17.5 Å². The van der Waals surface area contributed by atoms with Gasteiger partial charge in [-0.1, -0.05) is 11.6 Å². The number of hydrogen-bond acceptors (Lipinski definition) is 3. The molecule has 1 aromatic carbocycles. The van der Waals surface area contributed by atoms with E-state index in [1.54, 1.807) is 25.3 Å². The molecule has 0 aliphatic heterocycles. The maximum atomic E-state index is 12.0. The highest BCUT2D eigenvalue weighted by Gasteiger charge is 2.14. The van der Waals surface area contributed by atoms with E-state index in [1.165, 1.54) is 7.11 Å². The van der Waals surface area contributed by atoms with Gasteiger partial charge in [-0.2, -0.15) is 0 Å². The van der Waals surface area contributed by atoms with Crippen LogP contribution in [0.5, 0.6) is 5.75 Å². The molecule has 0 aromatic heterocycles. The fraction of sp³-hybridized carbons (Fsp3) is 0.417. The lowest BCUT2D eigenvalue weighted by molar-refractivity contribution is 0.0902. The quantitative estimate of drug-likeness (QED) is 0.879. The summed E-state index contributed by atoms with van der Waals surface area (Å²) in [6, 6.07) is 4.85. The molecule has 0 fully saturated rings. The molecule has 0 aliphatic carbocycles. The summed E-state index contributed by atoms with van der Waals surface area (Å²) < 4.78 is 10.1. The van der Waals surface area contributed by atoms with Gasteiger partial charge in [0.1, 0.15) is 5.75 Å². The first-order valence-corrected chi connectivity index (χ1v) is 5.59. The Morgan fingerprint density at radius 2 is 2.18 bits per heavy atom. The molecule has 1 atom stereocenters. The molecule has 1 N–H and O–H groups in total. The number of halogens is 1. The zero-order valence-corrected chi connectivity index (χ0v) is 10.9. The minimum atomic E-state index is -0.228. The van der Waals surface area contributed by atoms with Crippen molar-refractivity contribution < 1.29 is 14.3 Å². The summed E-state index contributed by atoms with van der Waals surface area (Å²) in [7, 11) is 3.10. The van der Waals surface area contributed by atoms with E-state index >= 15 is 0 Å². The van der Waals surface area contributed by atoms with Gasteiger partial charge in [-0.25, -0.2) is 0 Å². The van der Waals surface area contributed by atoms with Gasteiger partial charge in [-0.15, -0.1) is 0 Å². The highest BCUT2D eigenvalue weighted by molar-refractivity contribution is 6.31. The van der Waals surface area contributed by atoms with Crippen LogP contribution in [-0.4, -0.2) is 32.8 Å². The SMILES string of the molecule is COC[C@@H](C)NC(=O)c1cc(Cl)ccc1OC. The molecule has 0 aliphatic rings. The number of ether oxygens (including phenoxy) is 2. The summed E-state index contributed by atoms with van der Waals surface area (Å²) in [6.45, 7) is 2.31. The molecule has 5 heteroatoms. The third-order valence-electron chi connectivity index (χ3n) is 2.20. The summed E-state index contributed by atoms with van der Waals surface area (Å²) in [5.41, 5.74) is 0.419. The largest absolute Gasteiger partial charge is 0.496 e. The van der Waals surface area contributed by atoms with E-state index in [-0.39, 0.29) is 11.9 Å². The van der Waals surface area contributed by atoms with Crippen molar-refractivity contribution in [1.82, 2.24) is 5.32 Å². The fourth-order valence-electron chi connectivity index (χ4n) is 1.45. The van der Waals surface area contributed by atoms with E-state index in [0.29, 0.717) is 22.9 Å². The molecule has 4 nitrogen and oxygen atoms in total. The van der Waals surface area contributed by atoms with Crippen LogP contribution in [0.4, 0.5) is 0 Å². The van der Waals surface area contributed by atoms with Crippen LogP contribution in [0.15, 0.2) is 18.2 Å². The molecular weight excluding hydrogens is 242 g/mol. The van der Waals surface area contributed by atoms with E-state index in [0.717, 1.165) is 0 Å². The Hall–Kier alpha value is -1.26. The van der Waals surface area contributed by atoms with Gasteiger partial charge in [-0.05, 0) is 25.1 Å². The summed E-state index contributed by atoms with van der Waals surface area (Å²) in [5, 5.41) is 3.29. The van der Waals surface area contributed by atoms with Crippen LogP contribution in [0.2, 0.25) is 5.02 Å². The zero-order chi connectivity index (χ0) is 12.8. The van der Waals surface area contributed by atoms with Crippen molar-refractivity contribution in [2.24, 2.45) is 0 Å². The number of carbonyl (C=O) groups excluding carboxylic acids is 1. The molecule has 17 heavy (non-hydrogen) atoms. The van der Waals surface area contributed by atoms with Gasteiger partial charge in [0.25, 0.3) is 5.91 Å². The van der Waals surface area contributed by atoms with E-state index in [4.69, 9.17) is 21.1 Å². The van der Waals surface area contributed by atoms with E-state index in [9.17, 15) is 4.79 Å². The molecule has 94 valence electrons. The van der Waals surface area contributed by atoms with Gasteiger partial charge >= 0.3 is 0 Å². The normalized spacial score (nSPS) is 12.0. The highest BCUT2D eigenvalue weighted by atomic mass is 35.5. The molecule has 0 heterocycles. The molecule has 0 bridgehead atoms. The maximum absolute atomic E-state index is 12.0. The molecule has 0 saturated carbocycles. The highest BCUT2D eigenvalue weighted by Crippen LogP contribution is 2.22. The minimum absolute atomic E-state index is 0.0730. The standard InChI is InChI=1S/C12H16ClNO3/c1-8(7-16-2)14-12(15)10-6-9(13)4-5-11(10)17-3/h4-6,8H,7H2,1-3H3,(H,14,15)/t8-/m1/s1. The molecule has 0 radical (unpaired) electrons. The number of rotatable bonds is 5. The molecule has 1 amide bonds. The smallest absolute Gasteiger partial charge is 0.255 e. The average molecular weight is 258 g/mol. The lowest BCUT2D eigenvalue weighted by atomic mass is 10.1. The first-order chi connectivity index (χ1) is 8.08. The van der Waals surface area contributed by atoms with Crippen molar-refractivity contribution in [2.75, 3.05) is 20.8 Å². The fourth-order valence-corrected chi connectivity index (χ4v) is 1.62. The van der Waals surface area contributed by atoms with E-state index in [1.807, 2.05) is 6.92 Å². The maximum Gasteiger partial charge on any atom is 0.255 e. The van der Waals surface area contributed by atoms with Crippen molar-refractivity contribution in [2.45, 2.75) is 13.0 Å². The first-order valence-electron chi connectivity index (χ1n) is 5.21. The topological polar surface area (TPSA) is 47.6 Å². The Morgan fingerprint density at radius 1 is 1.47 bits per heavy atom. The van der Waals surface area contributed by atoms with Crippen LogP contribution in [0.3, 0.4) is 0 Å². The van der Waals surface area contributed by atoms with Crippen molar-refractivity contribution in [3.63, 3.8) is 0 Å². The molecular formula is C12H16ClNO3. The predicted molar refractivity (Wildman–Crippen MR) is 66.8 cm³/mol. The van der Waals surface area contributed by atoms with Gasteiger partial charge in [0.15, 0.2) is 0 Å². The lowest BCUT2D eigenvalue weighted by Crippen LogP contribution is -2.35.